The first-order valence-corrected chi connectivity index (χ1v) is 7.37. The quantitative estimate of drug-likeness (QED) is 0.782. The van der Waals surface area contributed by atoms with Gasteiger partial charge in [0, 0.05) is 5.41 Å². The van der Waals surface area contributed by atoms with E-state index in [1.807, 2.05) is 38.1 Å². The van der Waals surface area contributed by atoms with Crippen LogP contribution in [0.2, 0.25) is 0 Å². The van der Waals surface area contributed by atoms with Gasteiger partial charge in [-0.2, -0.15) is 0 Å². The van der Waals surface area contributed by atoms with Crippen LogP contribution in [0.1, 0.15) is 38.8 Å². The van der Waals surface area contributed by atoms with E-state index in [0.29, 0.717) is 0 Å². The van der Waals surface area contributed by atoms with Crippen LogP contribution < -0.4 is 9.47 Å². The number of methoxy groups -OCH3 is 2. The van der Waals surface area contributed by atoms with Crippen LogP contribution in [0.5, 0.6) is 11.5 Å². The van der Waals surface area contributed by atoms with E-state index in [-0.39, 0.29) is 5.41 Å². The van der Waals surface area contributed by atoms with Crippen molar-refractivity contribution in [2.75, 3.05) is 14.2 Å². The summed E-state index contributed by atoms with van der Waals surface area (Å²) < 4.78 is 10.4. The highest BCUT2D eigenvalue weighted by molar-refractivity contribution is 5.41. The fourth-order valence-corrected chi connectivity index (χ4v) is 2.18. The first kappa shape index (κ1) is 17.1. The van der Waals surface area contributed by atoms with Gasteiger partial charge in [0.1, 0.15) is 11.5 Å². The lowest BCUT2D eigenvalue weighted by Crippen LogP contribution is -2.18. The molecule has 0 bridgehead atoms. The molecule has 21 heavy (non-hydrogen) atoms. The molecule has 0 spiro atoms. The topological polar surface area (TPSA) is 18.5 Å². The summed E-state index contributed by atoms with van der Waals surface area (Å²) in [6, 6.07) is 16.5. The Balaban J connectivity index is 0.00000106. The molecule has 2 aromatic rings. The molecule has 2 nitrogen and oxygen atoms in total. The lowest BCUT2D eigenvalue weighted by Gasteiger charge is -2.26. The van der Waals surface area contributed by atoms with Gasteiger partial charge in [-0.1, -0.05) is 52.0 Å². The van der Waals surface area contributed by atoms with E-state index in [1.54, 1.807) is 14.2 Å². The molecule has 0 saturated heterocycles. The third kappa shape index (κ3) is 4.01. The fraction of sp³-hybridized carbons (Fsp3) is 0.368. The summed E-state index contributed by atoms with van der Waals surface area (Å²) in [6.45, 7) is 8.44. The van der Waals surface area contributed by atoms with Crippen molar-refractivity contribution < 1.29 is 9.47 Å². The third-order valence-corrected chi connectivity index (χ3v) is 3.62. The van der Waals surface area contributed by atoms with E-state index in [9.17, 15) is 0 Å². The van der Waals surface area contributed by atoms with Gasteiger partial charge in [0.2, 0.25) is 0 Å². The zero-order valence-electron chi connectivity index (χ0n) is 13.9. The molecule has 0 fully saturated rings. The molecule has 2 aromatic carbocycles. The predicted octanol–water partition coefficient (Wildman–Crippen LogP) is 5.06. The van der Waals surface area contributed by atoms with E-state index >= 15 is 0 Å². The first-order chi connectivity index (χ1) is 10.1. The number of hydrogen-bond acceptors (Lipinski definition) is 2. The zero-order chi connectivity index (χ0) is 15.9. The van der Waals surface area contributed by atoms with Gasteiger partial charge in [-0.25, -0.2) is 0 Å². The van der Waals surface area contributed by atoms with Gasteiger partial charge in [0.05, 0.1) is 14.2 Å². The number of rotatable bonds is 4. The monoisotopic (exact) mass is 286 g/mol. The van der Waals surface area contributed by atoms with Crippen LogP contribution in [0, 0.1) is 0 Å². The van der Waals surface area contributed by atoms with Crippen molar-refractivity contribution in [1.82, 2.24) is 0 Å². The van der Waals surface area contributed by atoms with Gasteiger partial charge < -0.3 is 9.47 Å². The van der Waals surface area contributed by atoms with Gasteiger partial charge in [-0.3, -0.25) is 0 Å². The van der Waals surface area contributed by atoms with Crippen LogP contribution >= 0.6 is 0 Å². The van der Waals surface area contributed by atoms with Gasteiger partial charge in [-0.05, 0) is 35.4 Å². The average molecular weight is 286 g/mol. The molecule has 0 unspecified atom stereocenters. The summed E-state index contributed by atoms with van der Waals surface area (Å²) in [4.78, 5) is 0. The van der Waals surface area contributed by atoms with Crippen molar-refractivity contribution in [1.29, 1.82) is 0 Å². The maximum atomic E-state index is 5.20. The molecule has 0 aliphatic heterocycles. The average Bonchev–Trinajstić information content (AvgIpc) is 2.56. The van der Waals surface area contributed by atoms with Crippen molar-refractivity contribution in [3.8, 4) is 11.5 Å². The molecule has 2 heteroatoms. The van der Waals surface area contributed by atoms with Crippen molar-refractivity contribution in [2.45, 2.75) is 33.1 Å². The summed E-state index contributed by atoms with van der Waals surface area (Å²) >= 11 is 0. The largest absolute Gasteiger partial charge is 0.497 e. The molecule has 2 rings (SSSR count). The van der Waals surface area contributed by atoms with Crippen molar-refractivity contribution in [3.05, 3.63) is 59.7 Å². The summed E-state index contributed by atoms with van der Waals surface area (Å²) in [7, 11) is 3.37. The second-order valence-corrected chi connectivity index (χ2v) is 5.08. The van der Waals surface area contributed by atoms with Gasteiger partial charge in [-0.15, -0.1) is 0 Å². The zero-order valence-corrected chi connectivity index (χ0v) is 13.9. The van der Waals surface area contributed by atoms with Crippen LogP contribution in [0.3, 0.4) is 0 Å². The standard InChI is InChI=1S/C17H20O2.C2H6/c1-17(2,13-5-9-15(18-3)10-6-13)14-7-11-16(19-4)12-8-14;1-2/h5-12H,1-4H3;1-2H3. The maximum absolute atomic E-state index is 5.20. The third-order valence-electron chi connectivity index (χ3n) is 3.62. The molecular weight excluding hydrogens is 260 g/mol. The molecule has 0 N–H and O–H groups in total. The number of benzene rings is 2. The van der Waals surface area contributed by atoms with Crippen LogP contribution in [-0.4, -0.2) is 14.2 Å². The van der Waals surface area contributed by atoms with Crippen molar-refractivity contribution >= 4 is 0 Å². The summed E-state index contributed by atoms with van der Waals surface area (Å²) in [6.07, 6.45) is 0. The second-order valence-electron chi connectivity index (χ2n) is 5.08. The second kappa shape index (κ2) is 7.72. The summed E-state index contributed by atoms with van der Waals surface area (Å²) in [5.74, 6) is 1.77. The van der Waals surface area contributed by atoms with Crippen LogP contribution in [0.15, 0.2) is 48.5 Å². The summed E-state index contributed by atoms with van der Waals surface area (Å²) in [5.41, 5.74) is 2.48. The van der Waals surface area contributed by atoms with E-state index in [1.165, 1.54) is 11.1 Å². The lowest BCUT2D eigenvalue weighted by molar-refractivity contribution is 0.414. The fourth-order valence-electron chi connectivity index (χ4n) is 2.18. The van der Waals surface area contributed by atoms with E-state index in [4.69, 9.17) is 9.47 Å². The molecule has 114 valence electrons. The van der Waals surface area contributed by atoms with Crippen LogP contribution in [-0.2, 0) is 5.41 Å². The van der Waals surface area contributed by atoms with Gasteiger partial charge in [0.15, 0.2) is 0 Å². The van der Waals surface area contributed by atoms with E-state index in [0.717, 1.165) is 11.5 Å². The molecule has 0 saturated carbocycles. The minimum absolute atomic E-state index is 0.0431. The Hall–Kier alpha value is -1.96. The number of ether oxygens (including phenoxy) is 2. The molecule has 0 amide bonds. The minimum atomic E-state index is -0.0431. The highest BCUT2D eigenvalue weighted by Gasteiger charge is 2.22. The molecule has 0 aliphatic carbocycles. The maximum Gasteiger partial charge on any atom is 0.118 e. The first-order valence-electron chi connectivity index (χ1n) is 7.37. The molecular formula is C19H26O2. The van der Waals surface area contributed by atoms with Crippen LogP contribution in [0.25, 0.3) is 0 Å². The Labute approximate surface area is 128 Å². The molecule has 0 aliphatic rings. The molecule has 0 radical (unpaired) electrons. The van der Waals surface area contributed by atoms with Gasteiger partial charge in [0.25, 0.3) is 0 Å². The minimum Gasteiger partial charge on any atom is -0.497 e. The molecule has 0 heterocycles. The van der Waals surface area contributed by atoms with Gasteiger partial charge >= 0.3 is 0 Å². The Kier molecular flexibility index (Phi) is 6.29. The highest BCUT2D eigenvalue weighted by Crippen LogP contribution is 2.33. The highest BCUT2D eigenvalue weighted by atomic mass is 16.5. The van der Waals surface area contributed by atoms with Crippen molar-refractivity contribution in [2.24, 2.45) is 0 Å². The Morgan fingerprint density at radius 3 is 1.14 bits per heavy atom. The lowest BCUT2D eigenvalue weighted by atomic mass is 9.78. The smallest absolute Gasteiger partial charge is 0.118 e. The Morgan fingerprint density at radius 1 is 0.619 bits per heavy atom. The van der Waals surface area contributed by atoms with E-state index in [2.05, 4.69) is 38.1 Å². The number of hydrogen-bond donors (Lipinski definition) is 0. The molecule has 0 atom stereocenters. The Morgan fingerprint density at radius 2 is 0.905 bits per heavy atom. The normalized spacial score (nSPS) is 10.4. The van der Waals surface area contributed by atoms with E-state index < -0.39 is 0 Å². The Bertz CT molecular complexity index is 475. The molecule has 0 aromatic heterocycles. The van der Waals surface area contributed by atoms with Crippen molar-refractivity contribution in [3.63, 3.8) is 0 Å². The summed E-state index contributed by atoms with van der Waals surface area (Å²) in [5, 5.41) is 0. The van der Waals surface area contributed by atoms with Crippen LogP contribution in [0.4, 0.5) is 0 Å². The SMILES string of the molecule is CC.COc1ccc(C(C)(C)c2ccc(OC)cc2)cc1. The predicted molar refractivity (Wildman–Crippen MR) is 89.5 cm³/mol.